The minimum atomic E-state index is -1.10. The molecule has 0 aliphatic heterocycles. The highest BCUT2D eigenvalue weighted by Crippen LogP contribution is 2.29. The second-order valence-electron chi connectivity index (χ2n) is 3.08. The number of carboxylic acids is 1. The predicted octanol–water partition coefficient (Wildman–Crippen LogP) is 2.19. The molecule has 2 aromatic rings. The van der Waals surface area contributed by atoms with Crippen LogP contribution in [0.4, 0.5) is 0 Å². The van der Waals surface area contributed by atoms with E-state index in [-0.39, 0.29) is 27.6 Å². The molecular formula is C9H7ClN2O3. The zero-order valence-electron chi connectivity index (χ0n) is 8.04. The van der Waals surface area contributed by atoms with Gasteiger partial charge in [0.25, 0.3) is 0 Å². The average molecular weight is 227 g/mol. The monoisotopic (exact) mass is 226 g/mol. The van der Waals surface area contributed by atoms with Gasteiger partial charge in [0.2, 0.25) is 5.71 Å². The average Bonchev–Trinajstić information content (AvgIpc) is 2.40. The van der Waals surface area contributed by atoms with Crippen molar-refractivity contribution < 1.29 is 14.3 Å². The van der Waals surface area contributed by atoms with E-state index in [4.69, 9.17) is 21.1 Å². The van der Waals surface area contributed by atoms with Gasteiger partial charge in [0, 0.05) is 0 Å². The van der Waals surface area contributed by atoms with Crippen molar-refractivity contribution in [2.24, 2.45) is 0 Å². The van der Waals surface area contributed by atoms with Gasteiger partial charge in [-0.3, -0.25) is 0 Å². The van der Waals surface area contributed by atoms with E-state index in [0.29, 0.717) is 5.82 Å². The largest absolute Gasteiger partial charge is 0.478 e. The van der Waals surface area contributed by atoms with Crippen molar-refractivity contribution in [1.82, 2.24) is 9.97 Å². The summed E-state index contributed by atoms with van der Waals surface area (Å²) in [7, 11) is 0. The number of halogens is 1. The molecule has 0 saturated carbocycles. The molecule has 0 aromatic carbocycles. The van der Waals surface area contributed by atoms with Gasteiger partial charge in [-0.15, -0.1) is 0 Å². The van der Waals surface area contributed by atoms with Crippen molar-refractivity contribution in [3.05, 3.63) is 22.3 Å². The van der Waals surface area contributed by atoms with E-state index in [2.05, 4.69) is 9.97 Å². The maximum Gasteiger partial charge on any atom is 0.340 e. The highest BCUT2D eigenvalue weighted by atomic mass is 35.5. The number of aryl methyl sites for hydroxylation is 2. The number of carboxylic acid groups (broad SMARTS) is 1. The molecular weight excluding hydrogens is 220 g/mol. The zero-order chi connectivity index (χ0) is 11.2. The van der Waals surface area contributed by atoms with Crippen LogP contribution in [0.5, 0.6) is 0 Å². The lowest BCUT2D eigenvalue weighted by atomic mass is 10.2. The number of hydrogen-bond acceptors (Lipinski definition) is 4. The molecule has 78 valence electrons. The summed E-state index contributed by atoms with van der Waals surface area (Å²) in [4.78, 5) is 18.8. The van der Waals surface area contributed by atoms with Crippen molar-refractivity contribution in [3.63, 3.8) is 0 Å². The van der Waals surface area contributed by atoms with Crippen molar-refractivity contribution in [2.75, 3.05) is 0 Å². The molecule has 2 heterocycles. The number of fused-ring (bicyclic) bond motifs is 1. The third-order valence-corrected chi connectivity index (χ3v) is 2.28. The summed E-state index contributed by atoms with van der Waals surface area (Å²) in [6.07, 6.45) is 0. The van der Waals surface area contributed by atoms with Crippen LogP contribution in [0, 0.1) is 13.8 Å². The third-order valence-electron chi connectivity index (χ3n) is 2.01. The van der Waals surface area contributed by atoms with Crippen LogP contribution in [0.15, 0.2) is 4.42 Å². The van der Waals surface area contributed by atoms with E-state index in [1.54, 1.807) is 13.8 Å². The topological polar surface area (TPSA) is 76.2 Å². The fraction of sp³-hybridized carbons (Fsp3) is 0.222. The quantitative estimate of drug-likeness (QED) is 0.755. The molecule has 15 heavy (non-hydrogen) atoms. The van der Waals surface area contributed by atoms with Crippen LogP contribution < -0.4 is 0 Å². The van der Waals surface area contributed by atoms with Crippen LogP contribution in [0.2, 0.25) is 5.15 Å². The molecule has 0 atom stereocenters. The van der Waals surface area contributed by atoms with Crippen LogP contribution >= 0.6 is 11.6 Å². The first kappa shape index (κ1) is 9.92. The molecule has 6 heteroatoms. The Morgan fingerprint density at radius 1 is 1.40 bits per heavy atom. The molecule has 0 aliphatic rings. The molecule has 0 spiro atoms. The van der Waals surface area contributed by atoms with Crippen molar-refractivity contribution in [3.8, 4) is 0 Å². The van der Waals surface area contributed by atoms with Gasteiger partial charge in [-0.2, -0.15) is 4.98 Å². The summed E-state index contributed by atoms with van der Waals surface area (Å²) in [6.45, 7) is 3.21. The number of furan rings is 1. The Labute approximate surface area is 89.7 Å². The normalized spacial score (nSPS) is 10.9. The Morgan fingerprint density at radius 2 is 2.07 bits per heavy atom. The molecule has 0 fully saturated rings. The fourth-order valence-corrected chi connectivity index (χ4v) is 1.73. The van der Waals surface area contributed by atoms with E-state index in [9.17, 15) is 4.79 Å². The van der Waals surface area contributed by atoms with Crippen molar-refractivity contribution in [1.29, 1.82) is 0 Å². The summed E-state index contributed by atoms with van der Waals surface area (Å²) in [5.74, 6) is -0.377. The summed E-state index contributed by atoms with van der Waals surface area (Å²) >= 11 is 5.85. The van der Waals surface area contributed by atoms with Gasteiger partial charge in [0.1, 0.15) is 22.3 Å². The molecule has 0 unspecified atom stereocenters. The fourth-order valence-electron chi connectivity index (χ4n) is 1.43. The lowest BCUT2D eigenvalue weighted by molar-refractivity contribution is 0.0697. The Balaban J connectivity index is 2.93. The van der Waals surface area contributed by atoms with E-state index >= 15 is 0 Å². The summed E-state index contributed by atoms with van der Waals surface area (Å²) in [5.41, 5.74) is 0.234. The highest BCUT2D eigenvalue weighted by molar-refractivity contribution is 6.35. The van der Waals surface area contributed by atoms with Crippen molar-refractivity contribution >= 4 is 28.7 Å². The second kappa shape index (κ2) is 3.20. The SMILES string of the molecule is Cc1nc(Cl)c2c(C(=O)O)c(C)oc2n1. The lowest BCUT2D eigenvalue weighted by Crippen LogP contribution is -1.98. The first-order valence-electron chi connectivity index (χ1n) is 4.17. The number of hydrogen-bond donors (Lipinski definition) is 1. The Bertz CT molecular complexity index is 562. The second-order valence-corrected chi connectivity index (χ2v) is 3.44. The van der Waals surface area contributed by atoms with Crippen LogP contribution in [-0.4, -0.2) is 21.0 Å². The number of nitrogens with zero attached hydrogens (tertiary/aromatic N) is 2. The minimum Gasteiger partial charge on any atom is -0.478 e. The first-order chi connectivity index (χ1) is 7.00. The Kier molecular flexibility index (Phi) is 2.12. The lowest BCUT2D eigenvalue weighted by Gasteiger charge is -1.95. The van der Waals surface area contributed by atoms with E-state index < -0.39 is 5.97 Å². The van der Waals surface area contributed by atoms with E-state index in [1.165, 1.54) is 0 Å². The third kappa shape index (κ3) is 1.45. The maximum atomic E-state index is 11.0. The van der Waals surface area contributed by atoms with Crippen LogP contribution in [0.25, 0.3) is 11.1 Å². The summed E-state index contributed by atoms with van der Waals surface area (Å²) < 4.78 is 5.21. The molecule has 0 amide bonds. The molecule has 0 bridgehead atoms. The van der Waals surface area contributed by atoms with E-state index in [1.807, 2.05) is 0 Å². The van der Waals surface area contributed by atoms with Crippen LogP contribution in [-0.2, 0) is 0 Å². The molecule has 5 nitrogen and oxygen atoms in total. The van der Waals surface area contributed by atoms with Gasteiger partial charge in [-0.05, 0) is 13.8 Å². The van der Waals surface area contributed by atoms with Gasteiger partial charge in [-0.25, -0.2) is 9.78 Å². The van der Waals surface area contributed by atoms with E-state index in [0.717, 1.165) is 0 Å². The Hall–Kier alpha value is -1.62. The minimum absolute atomic E-state index is 0.0231. The molecule has 2 rings (SSSR count). The standard InChI is InChI=1S/C9H7ClN2O3/c1-3-5(9(13)14)6-7(10)11-4(2)12-8(6)15-3/h1-2H3,(H,13,14). The van der Waals surface area contributed by atoms with Gasteiger partial charge in [0.05, 0.1) is 5.39 Å². The van der Waals surface area contributed by atoms with Crippen LogP contribution in [0.1, 0.15) is 21.9 Å². The molecule has 0 aliphatic carbocycles. The number of carbonyl (C=O) groups is 1. The zero-order valence-corrected chi connectivity index (χ0v) is 8.79. The Morgan fingerprint density at radius 3 is 2.67 bits per heavy atom. The van der Waals surface area contributed by atoms with Gasteiger partial charge < -0.3 is 9.52 Å². The number of aromatic carboxylic acids is 1. The molecule has 0 saturated heterocycles. The molecule has 2 aromatic heterocycles. The number of rotatable bonds is 1. The smallest absolute Gasteiger partial charge is 0.340 e. The summed E-state index contributed by atoms with van der Waals surface area (Å²) in [6, 6.07) is 0. The number of aromatic nitrogens is 2. The predicted molar refractivity (Wildman–Crippen MR) is 53.2 cm³/mol. The maximum absolute atomic E-state index is 11.0. The molecule has 0 radical (unpaired) electrons. The highest BCUT2D eigenvalue weighted by Gasteiger charge is 2.21. The van der Waals surface area contributed by atoms with Gasteiger partial charge in [-0.1, -0.05) is 11.6 Å². The van der Waals surface area contributed by atoms with Crippen molar-refractivity contribution in [2.45, 2.75) is 13.8 Å². The van der Waals surface area contributed by atoms with Gasteiger partial charge >= 0.3 is 5.97 Å². The summed E-state index contributed by atoms with van der Waals surface area (Å²) in [5, 5.41) is 9.33. The van der Waals surface area contributed by atoms with Gasteiger partial charge in [0.15, 0.2) is 0 Å². The van der Waals surface area contributed by atoms with Crippen LogP contribution in [0.3, 0.4) is 0 Å². The first-order valence-corrected chi connectivity index (χ1v) is 4.55. The molecule has 1 N–H and O–H groups in total.